The molecule has 2 rings (SSSR count). The van der Waals surface area contributed by atoms with Gasteiger partial charge in [-0.1, -0.05) is 24.3 Å². The number of ether oxygens (including phenoxy) is 1. The summed E-state index contributed by atoms with van der Waals surface area (Å²) in [5, 5.41) is 19.2. The summed E-state index contributed by atoms with van der Waals surface area (Å²) in [6, 6.07) is 6.34. The minimum absolute atomic E-state index is 0.0731. The largest absolute Gasteiger partial charge is 0.508 e. The second-order valence-corrected chi connectivity index (χ2v) is 4.72. The van der Waals surface area contributed by atoms with Crippen molar-refractivity contribution in [3.8, 4) is 5.75 Å². The Bertz CT molecular complexity index is 598. The van der Waals surface area contributed by atoms with Crippen LogP contribution in [0.5, 0.6) is 5.75 Å². The molecule has 0 aromatic heterocycles. The van der Waals surface area contributed by atoms with Crippen LogP contribution < -0.4 is 0 Å². The zero-order valence-electron chi connectivity index (χ0n) is 11.5. The van der Waals surface area contributed by atoms with Crippen molar-refractivity contribution in [3.05, 3.63) is 47.6 Å². The summed E-state index contributed by atoms with van der Waals surface area (Å²) in [7, 11) is 1.32. The number of aliphatic hydroxyl groups is 1. The molecular weight excluding hydrogens is 272 g/mol. The number of benzene rings is 1. The van der Waals surface area contributed by atoms with E-state index < -0.39 is 12.2 Å². The van der Waals surface area contributed by atoms with Gasteiger partial charge in [0, 0.05) is 19.1 Å². The van der Waals surface area contributed by atoms with E-state index in [0.29, 0.717) is 0 Å². The average molecular weight is 288 g/mol. The Kier molecular flexibility index (Phi) is 4.67. The van der Waals surface area contributed by atoms with Gasteiger partial charge in [0.25, 0.3) is 0 Å². The van der Waals surface area contributed by atoms with Gasteiger partial charge in [0.2, 0.25) is 0 Å². The SMILES string of the molecule is COC1C(=O)CC=C(C(=O)C=Cc2ccc(O)cc2)C1O. The molecule has 5 nitrogen and oxygen atoms in total. The van der Waals surface area contributed by atoms with Gasteiger partial charge in [-0.2, -0.15) is 0 Å². The van der Waals surface area contributed by atoms with Crippen molar-refractivity contribution in [2.45, 2.75) is 18.6 Å². The quantitative estimate of drug-likeness (QED) is 0.815. The van der Waals surface area contributed by atoms with Crippen LogP contribution in [0, 0.1) is 0 Å². The fraction of sp³-hybridized carbons (Fsp3) is 0.250. The first-order valence-corrected chi connectivity index (χ1v) is 6.48. The number of methoxy groups -OCH3 is 1. The number of aliphatic hydroxyl groups excluding tert-OH is 1. The summed E-state index contributed by atoms with van der Waals surface area (Å²) in [5.74, 6) is -0.473. The monoisotopic (exact) mass is 288 g/mol. The molecule has 0 saturated carbocycles. The lowest BCUT2D eigenvalue weighted by molar-refractivity contribution is -0.134. The Morgan fingerprint density at radius 2 is 2.00 bits per heavy atom. The Morgan fingerprint density at radius 3 is 2.62 bits per heavy atom. The van der Waals surface area contributed by atoms with Crippen LogP contribution in [0.3, 0.4) is 0 Å². The third-order valence-electron chi connectivity index (χ3n) is 3.30. The van der Waals surface area contributed by atoms with Crippen molar-refractivity contribution in [2.24, 2.45) is 0 Å². The van der Waals surface area contributed by atoms with Crippen LogP contribution in [0.1, 0.15) is 12.0 Å². The number of phenols is 1. The maximum Gasteiger partial charge on any atom is 0.184 e. The number of allylic oxidation sites excluding steroid dienone is 2. The van der Waals surface area contributed by atoms with Gasteiger partial charge in [0.1, 0.15) is 18.0 Å². The maximum absolute atomic E-state index is 12.1. The molecule has 0 saturated heterocycles. The number of phenolic OH excluding ortho intramolecular Hbond substituents is 1. The molecule has 2 atom stereocenters. The number of Topliss-reactive ketones (excluding diaryl/α,β-unsaturated/α-hetero) is 1. The van der Waals surface area contributed by atoms with Crippen molar-refractivity contribution >= 4 is 17.6 Å². The Hall–Kier alpha value is -2.24. The molecule has 5 heteroatoms. The van der Waals surface area contributed by atoms with Gasteiger partial charge >= 0.3 is 0 Å². The molecule has 0 radical (unpaired) electrons. The van der Waals surface area contributed by atoms with E-state index in [1.807, 2.05) is 0 Å². The zero-order valence-corrected chi connectivity index (χ0v) is 11.5. The minimum atomic E-state index is -1.24. The highest BCUT2D eigenvalue weighted by Crippen LogP contribution is 2.20. The number of carbonyl (C=O) groups is 2. The van der Waals surface area contributed by atoms with Crippen molar-refractivity contribution in [1.82, 2.24) is 0 Å². The molecule has 2 N–H and O–H groups in total. The van der Waals surface area contributed by atoms with Crippen LogP contribution in [-0.2, 0) is 14.3 Å². The van der Waals surface area contributed by atoms with Crippen molar-refractivity contribution in [3.63, 3.8) is 0 Å². The number of rotatable bonds is 4. The first-order chi connectivity index (χ1) is 10.0. The molecule has 2 unspecified atom stereocenters. The van der Waals surface area contributed by atoms with E-state index in [-0.39, 0.29) is 29.3 Å². The number of ketones is 2. The van der Waals surface area contributed by atoms with E-state index in [9.17, 15) is 19.8 Å². The highest BCUT2D eigenvalue weighted by Gasteiger charge is 2.34. The van der Waals surface area contributed by atoms with Crippen LogP contribution in [0.2, 0.25) is 0 Å². The van der Waals surface area contributed by atoms with Gasteiger partial charge < -0.3 is 14.9 Å². The van der Waals surface area contributed by atoms with Crippen molar-refractivity contribution in [1.29, 1.82) is 0 Å². The summed E-state index contributed by atoms with van der Waals surface area (Å²) in [5.41, 5.74) is 0.905. The summed E-state index contributed by atoms with van der Waals surface area (Å²) in [6.45, 7) is 0. The second-order valence-electron chi connectivity index (χ2n) is 4.72. The smallest absolute Gasteiger partial charge is 0.184 e. The van der Waals surface area contributed by atoms with Gasteiger partial charge in [-0.05, 0) is 23.8 Å². The topological polar surface area (TPSA) is 83.8 Å². The van der Waals surface area contributed by atoms with Crippen molar-refractivity contribution < 1.29 is 24.5 Å². The van der Waals surface area contributed by atoms with Crippen LogP contribution in [0.15, 0.2) is 42.0 Å². The van der Waals surface area contributed by atoms with E-state index in [1.165, 1.54) is 31.4 Å². The first kappa shape index (κ1) is 15.2. The van der Waals surface area contributed by atoms with Crippen LogP contribution >= 0.6 is 0 Å². The highest BCUT2D eigenvalue weighted by atomic mass is 16.5. The molecule has 1 aromatic carbocycles. The molecule has 0 bridgehead atoms. The molecule has 21 heavy (non-hydrogen) atoms. The highest BCUT2D eigenvalue weighted by molar-refractivity contribution is 6.09. The number of hydrogen-bond acceptors (Lipinski definition) is 5. The van der Waals surface area contributed by atoms with E-state index in [4.69, 9.17) is 4.74 Å². The second kappa shape index (κ2) is 6.47. The van der Waals surface area contributed by atoms with Crippen molar-refractivity contribution in [2.75, 3.05) is 7.11 Å². The van der Waals surface area contributed by atoms with E-state index in [0.717, 1.165) is 5.56 Å². The number of aromatic hydroxyl groups is 1. The summed E-state index contributed by atoms with van der Waals surface area (Å²) in [4.78, 5) is 23.6. The minimum Gasteiger partial charge on any atom is -0.508 e. The maximum atomic E-state index is 12.1. The van der Waals surface area contributed by atoms with Gasteiger partial charge in [-0.15, -0.1) is 0 Å². The third-order valence-corrected chi connectivity index (χ3v) is 3.30. The first-order valence-electron chi connectivity index (χ1n) is 6.48. The van der Waals surface area contributed by atoms with Crippen LogP contribution in [-0.4, -0.2) is 41.1 Å². The zero-order chi connectivity index (χ0) is 15.4. The molecule has 0 fully saturated rings. The fourth-order valence-corrected chi connectivity index (χ4v) is 2.15. The van der Waals surface area contributed by atoms with Gasteiger partial charge in [0.05, 0.1) is 0 Å². The van der Waals surface area contributed by atoms with E-state index >= 15 is 0 Å². The molecule has 0 spiro atoms. The van der Waals surface area contributed by atoms with Gasteiger partial charge in [0.15, 0.2) is 11.6 Å². The molecular formula is C16H16O5. The fourth-order valence-electron chi connectivity index (χ4n) is 2.15. The Morgan fingerprint density at radius 1 is 1.33 bits per heavy atom. The molecule has 0 aliphatic heterocycles. The van der Waals surface area contributed by atoms with Gasteiger partial charge in [-0.3, -0.25) is 9.59 Å². The predicted molar refractivity (Wildman–Crippen MR) is 76.7 cm³/mol. The Labute approximate surface area is 122 Å². The lowest BCUT2D eigenvalue weighted by Crippen LogP contribution is -2.41. The summed E-state index contributed by atoms with van der Waals surface area (Å²) in [6.07, 6.45) is 2.18. The number of carbonyl (C=O) groups excluding carboxylic acids is 2. The Balaban J connectivity index is 2.13. The molecule has 1 aliphatic carbocycles. The lowest BCUT2D eigenvalue weighted by Gasteiger charge is -2.25. The van der Waals surface area contributed by atoms with Crippen LogP contribution in [0.4, 0.5) is 0 Å². The molecule has 110 valence electrons. The molecule has 0 amide bonds. The number of hydrogen-bond donors (Lipinski definition) is 2. The lowest BCUT2D eigenvalue weighted by atomic mass is 9.90. The van der Waals surface area contributed by atoms with Crippen LogP contribution in [0.25, 0.3) is 6.08 Å². The summed E-state index contributed by atoms with van der Waals surface area (Å²) >= 11 is 0. The molecule has 0 heterocycles. The predicted octanol–water partition coefficient (Wildman–Crippen LogP) is 1.25. The summed E-state index contributed by atoms with van der Waals surface area (Å²) < 4.78 is 4.93. The standard InChI is InChI=1S/C16H16O5/c1-21-16-14(19)9-7-12(15(16)20)13(18)8-4-10-2-5-11(17)6-3-10/h2-8,15-17,20H,9H2,1H3. The van der Waals surface area contributed by atoms with E-state index in [1.54, 1.807) is 18.2 Å². The average Bonchev–Trinajstić information content (AvgIpc) is 2.47. The van der Waals surface area contributed by atoms with Gasteiger partial charge in [-0.25, -0.2) is 0 Å². The van der Waals surface area contributed by atoms with E-state index in [2.05, 4.69) is 0 Å². The molecule has 1 aromatic rings. The third kappa shape index (κ3) is 3.45. The molecule has 1 aliphatic rings. The normalized spacial score (nSPS) is 22.4.